The van der Waals surface area contributed by atoms with Crippen molar-refractivity contribution in [1.29, 1.82) is 0 Å². The van der Waals surface area contributed by atoms with Gasteiger partial charge in [0.2, 0.25) is 5.91 Å². The van der Waals surface area contributed by atoms with Crippen LogP contribution in [0.5, 0.6) is 0 Å². The van der Waals surface area contributed by atoms with Gasteiger partial charge >= 0.3 is 0 Å². The summed E-state index contributed by atoms with van der Waals surface area (Å²) in [5.74, 6) is -0.279. The number of piperidine rings is 1. The van der Waals surface area contributed by atoms with E-state index in [1.165, 1.54) is 34.0 Å². The molecule has 0 unspecified atom stereocenters. The van der Waals surface area contributed by atoms with Crippen molar-refractivity contribution >= 4 is 22.4 Å². The van der Waals surface area contributed by atoms with Gasteiger partial charge in [-0.05, 0) is 65.9 Å². The second kappa shape index (κ2) is 9.57. The largest absolute Gasteiger partial charge is 0.390 e. The van der Waals surface area contributed by atoms with Crippen molar-refractivity contribution < 1.29 is 14.3 Å². The summed E-state index contributed by atoms with van der Waals surface area (Å²) in [5, 5.41) is 12.7. The van der Waals surface area contributed by atoms with Crippen molar-refractivity contribution in [2.75, 3.05) is 37.7 Å². The highest BCUT2D eigenvalue weighted by atomic mass is 19.1. The minimum absolute atomic E-state index is 0.0231. The van der Waals surface area contributed by atoms with E-state index in [2.05, 4.69) is 53.1 Å². The first-order chi connectivity index (χ1) is 16.9. The van der Waals surface area contributed by atoms with Gasteiger partial charge in [-0.2, -0.15) is 0 Å². The summed E-state index contributed by atoms with van der Waals surface area (Å²) in [6.07, 6.45) is 0.573. The van der Waals surface area contributed by atoms with E-state index in [9.17, 15) is 14.3 Å². The fraction of sp³-hybridized carbons (Fsp3) is 0.393. The number of hydrogen-bond donors (Lipinski definition) is 2. The Bertz CT molecular complexity index is 1200. The maximum Gasteiger partial charge on any atom is 0.250 e. The van der Waals surface area contributed by atoms with Crippen molar-refractivity contribution in [2.45, 2.75) is 38.0 Å². The number of anilines is 1. The van der Waals surface area contributed by atoms with Crippen molar-refractivity contribution in [2.24, 2.45) is 5.73 Å². The summed E-state index contributed by atoms with van der Waals surface area (Å²) >= 11 is 0. The van der Waals surface area contributed by atoms with Gasteiger partial charge in [0.15, 0.2) is 0 Å². The van der Waals surface area contributed by atoms with Crippen molar-refractivity contribution in [1.82, 2.24) is 9.80 Å². The summed E-state index contributed by atoms with van der Waals surface area (Å²) in [6, 6.07) is 19.2. The maximum atomic E-state index is 13.7. The van der Waals surface area contributed by atoms with Crippen LogP contribution in [-0.2, 0) is 11.3 Å². The molecule has 1 amide bonds. The van der Waals surface area contributed by atoms with Crippen LogP contribution in [0.4, 0.5) is 10.1 Å². The van der Waals surface area contributed by atoms with E-state index >= 15 is 0 Å². The van der Waals surface area contributed by atoms with Crippen LogP contribution < -0.4 is 10.6 Å². The Kier molecular flexibility index (Phi) is 6.49. The maximum absolute atomic E-state index is 13.7. The van der Waals surface area contributed by atoms with Crippen LogP contribution in [0.1, 0.15) is 24.0 Å². The monoisotopic (exact) mass is 476 g/mol. The summed E-state index contributed by atoms with van der Waals surface area (Å²) in [5.41, 5.74) is 8.32. The number of likely N-dealkylation sites (tertiary alicyclic amines) is 1. The molecule has 3 N–H and O–H groups in total. The van der Waals surface area contributed by atoms with Crippen molar-refractivity contribution in [3.63, 3.8) is 0 Å². The molecule has 1 atom stereocenters. The number of rotatable bonds is 6. The first-order valence-electron chi connectivity index (χ1n) is 12.3. The van der Waals surface area contributed by atoms with Crippen LogP contribution in [0.2, 0.25) is 0 Å². The number of aliphatic hydroxyl groups is 1. The normalized spacial score (nSPS) is 19.1. The lowest BCUT2D eigenvalue weighted by Crippen LogP contribution is -2.56. The van der Waals surface area contributed by atoms with Crippen LogP contribution in [-0.4, -0.2) is 65.3 Å². The number of aryl methyl sites for hydroxylation is 1. The molecule has 3 aromatic carbocycles. The topological polar surface area (TPSA) is 73.0 Å². The predicted molar refractivity (Wildman–Crippen MR) is 136 cm³/mol. The zero-order valence-electron chi connectivity index (χ0n) is 20.2. The predicted octanol–water partition coefficient (Wildman–Crippen LogP) is 3.25. The van der Waals surface area contributed by atoms with Gasteiger partial charge in [0.1, 0.15) is 11.4 Å². The molecule has 184 valence electrons. The van der Waals surface area contributed by atoms with E-state index in [-0.39, 0.29) is 24.8 Å². The second-order valence-electron chi connectivity index (χ2n) is 9.86. The van der Waals surface area contributed by atoms with E-state index in [0.29, 0.717) is 19.5 Å². The lowest BCUT2D eigenvalue weighted by atomic mass is 9.85. The third kappa shape index (κ3) is 4.40. The minimum Gasteiger partial charge on any atom is -0.390 e. The number of aliphatic hydroxyl groups excluding tert-OH is 1. The average molecular weight is 477 g/mol. The average Bonchev–Trinajstić information content (AvgIpc) is 3.12. The molecule has 5 rings (SSSR count). The molecule has 7 heteroatoms. The van der Waals surface area contributed by atoms with Gasteiger partial charge in [-0.1, -0.05) is 36.4 Å². The number of fused-ring (bicyclic) bond motifs is 1. The number of carbonyl (C=O) groups excluding carboxylic acids is 1. The molecule has 2 saturated heterocycles. The number of amides is 1. The van der Waals surface area contributed by atoms with Gasteiger partial charge in [0.05, 0.1) is 12.8 Å². The molecular formula is C28H33FN4O2. The summed E-state index contributed by atoms with van der Waals surface area (Å²) < 4.78 is 13.6. The van der Waals surface area contributed by atoms with Gasteiger partial charge in [0, 0.05) is 38.4 Å². The quantitative estimate of drug-likeness (QED) is 0.572. The van der Waals surface area contributed by atoms with Gasteiger partial charge in [-0.25, -0.2) is 4.39 Å². The Morgan fingerprint density at radius 2 is 1.74 bits per heavy atom. The van der Waals surface area contributed by atoms with Gasteiger partial charge in [0.25, 0.3) is 0 Å². The van der Waals surface area contributed by atoms with E-state index in [1.54, 1.807) is 17.0 Å². The van der Waals surface area contributed by atoms with Crippen molar-refractivity contribution in [3.05, 3.63) is 77.6 Å². The molecule has 2 fully saturated rings. The number of halogens is 1. The third-order valence-corrected chi connectivity index (χ3v) is 7.63. The van der Waals surface area contributed by atoms with Crippen LogP contribution in [0, 0.1) is 12.7 Å². The molecule has 2 aliphatic rings. The molecule has 6 nitrogen and oxygen atoms in total. The summed E-state index contributed by atoms with van der Waals surface area (Å²) in [7, 11) is 0. The zero-order chi connectivity index (χ0) is 24.6. The van der Waals surface area contributed by atoms with Crippen LogP contribution in [0.3, 0.4) is 0 Å². The highest BCUT2D eigenvalue weighted by molar-refractivity contribution is 5.93. The Labute approximate surface area is 205 Å². The molecule has 35 heavy (non-hydrogen) atoms. The number of hydrogen-bond acceptors (Lipinski definition) is 5. The second-order valence-corrected chi connectivity index (χ2v) is 9.86. The minimum atomic E-state index is -0.765. The van der Waals surface area contributed by atoms with E-state index in [1.807, 2.05) is 0 Å². The molecule has 2 heterocycles. The van der Waals surface area contributed by atoms with Crippen LogP contribution in [0.25, 0.3) is 10.8 Å². The summed E-state index contributed by atoms with van der Waals surface area (Å²) in [6.45, 7) is 5.21. The van der Waals surface area contributed by atoms with E-state index in [0.717, 1.165) is 25.3 Å². The van der Waals surface area contributed by atoms with Gasteiger partial charge in [-0.15, -0.1) is 0 Å². The van der Waals surface area contributed by atoms with Crippen molar-refractivity contribution in [3.8, 4) is 0 Å². The molecule has 0 bridgehead atoms. The number of carbonyl (C=O) groups is 1. The number of nitrogens with zero attached hydrogens (tertiary/aromatic N) is 3. The Morgan fingerprint density at radius 3 is 2.43 bits per heavy atom. The zero-order valence-corrected chi connectivity index (χ0v) is 20.2. The third-order valence-electron chi connectivity index (χ3n) is 7.63. The molecule has 0 aliphatic carbocycles. The molecule has 1 spiro atoms. The first-order valence-corrected chi connectivity index (χ1v) is 12.3. The molecule has 2 aliphatic heterocycles. The van der Waals surface area contributed by atoms with E-state index in [4.69, 9.17) is 5.73 Å². The Hall–Kier alpha value is -3.00. The number of β-amino-alcohol motifs (C(OH)–C–C–N with tert-alkyl or cyclic N) is 1. The molecule has 0 saturated carbocycles. The highest BCUT2D eigenvalue weighted by Gasteiger charge is 2.53. The lowest BCUT2D eigenvalue weighted by molar-refractivity contribution is -0.134. The number of benzene rings is 3. The Balaban J connectivity index is 1.38. The SMILES string of the molecule is Cc1cccc2cccc(CN3CCC4(CC3)C(=O)N(C[C@@H](O)CN)CN4c3ccc(F)cc3)c12. The summed E-state index contributed by atoms with van der Waals surface area (Å²) in [4.78, 5) is 19.9. The molecular weight excluding hydrogens is 443 g/mol. The van der Waals surface area contributed by atoms with Crippen LogP contribution >= 0.6 is 0 Å². The highest BCUT2D eigenvalue weighted by Crippen LogP contribution is 2.40. The molecule has 0 radical (unpaired) electrons. The fourth-order valence-corrected chi connectivity index (χ4v) is 5.76. The van der Waals surface area contributed by atoms with Crippen LogP contribution in [0.15, 0.2) is 60.7 Å². The smallest absolute Gasteiger partial charge is 0.250 e. The number of nitrogens with two attached hydrogens (primary N) is 1. The lowest BCUT2D eigenvalue weighted by Gasteiger charge is -2.43. The first kappa shape index (κ1) is 23.7. The fourth-order valence-electron chi connectivity index (χ4n) is 5.76. The van der Waals surface area contributed by atoms with E-state index < -0.39 is 11.6 Å². The van der Waals surface area contributed by atoms with Gasteiger partial charge in [-0.3, -0.25) is 9.69 Å². The van der Waals surface area contributed by atoms with Gasteiger partial charge < -0.3 is 20.6 Å². The molecule has 3 aromatic rings. The Morgan fingerprint density at radius 1 is 1.06 bits per heavy atom. The standard InChI is InChI=1S/C28H33FN4O2/c1-20-4-2-5-21-6-3-7-22(26(20)21)17-31-14-12-28(13-15-31)27(35)32(18-25(34)16-30)19-33(28)24-10-8-23(29)9-11-24/h2-11,25,34H,12-19,30H2,1H3/t25-/m0/s1. The molecule has 0 aromatic heterocycles.